The fourth-order valence-corrected chi connectivity index (χ4v) is 4.26. The van der Waals surface area contributed by atoms with Crippen molar-refractivity contribution in [2.75, 3.05) is 4.90 Å². The number of aryl methyl sites for hydroxylation is 4. The lowest BCUT2D eigenvalue weighted by Gasteiger charge is -2.20. The number of aromatic nitrogens is 2. The molecule has 29 heavy (non-hydrogen) atoms. The molecule has 146 valence electrons. The molecular weight excluding hydrogens is 378 g/mol. The molecule has 4 aromatic rings. The van der Waals surface area contributed by atoms with Crippen LogP contribution in [0.25, 0.3) is 10.2 Å². The third kappa shape index (κ3) is 3.91. The number of thiazole rings is 1. The van der Waals surface area contributed by atoms with Gasteiger partial charge in [0.05, 0.1) is 16.8 Å². The van der Waals surface area contributed by atoms with E-state index < -0.39 is 0 Å². The van der Waals surface area contributed by atoms with Gasteiger partial charge in [-0.15, -0.1) is 0 Å². The standard InChI is InChI=1S/C24H23N3OS/c1-15-7-8-20(10-16(15)2)23(28)27(14-19-6-5-9-25-13-19)24-26-21-11-17(3)18(4)12-22(21)29-24/h5-13H,14H2,1-4H3. The fraction of sp³-hybridized carbons (Fsp3) is 0.208. The minimum atomic E-state index is -0.0514. The van der Waals surface area contributed by atoms with Crippen LogP contribution in [0.4, 0.5) is 5.13 Å². The molecule has 5 heteroatoms. The summed E-state index contributed by atoms with van der Waals surface area (Å²) in [5, 5.41) is 0.706. The van der Waals surface area contributed by atoms with Crippen molar-refractivity contribution in [3.8, 4) is 0 Å². The molecule has 2 heterocycles. The summed E-state index contributed by atoms with van der Waals surface area (Å²) in [6.45, 7) is 8.69. The van der Waals surface area contributed by atoms with Crippen LogP contribution in [0.2, 0.25) is 0 Å². The summed E-state index contributed by atoms with van der Waals surface area (Å²) in [6, 6.07) is 13.9. The Balaban J connectivity index is 1.79. The van der Waals surface area contributed by atoms with Crippen LogP contribution >= 0.6 is 11.3 Å². The van der Waals surface area contributed by atoms with Gasteiger partial charge in [-0.3, -0.25) is 14.7 Å². The molecule has 0 aliphatic heterocycles. The van der Waals surface area contributed by atoms with E-state index in [9.17, 15) is 4.79 Å². The Labute approximate surface area is 174 Å². The molecule has 0 spiro atoms. The van der Waals surface area contributed by atoms with Gasteiger partial charge in [-0.05, 0) is 85.8 Å². The summed E-state index contributed by atoms with van der Waals surface area (Å²) >= 11 is 1.55. The number of hydrogen-bond acceptors (Lipinski definition) is 4. The molecule has 0 aliphatic carbocycles. The van der Waals surface area contributed by atoms with Crippen LogP contribution in [-0.4, -0.2) is 15.9 Å². The van der Waals surface area contributed by atoms with E-state index in [1.165, 1.54) is 16.7 Å². The first-order valence-electron chi connectivity index (χ1n) is 9.58. The fourth-order valence-electron chi connectivity index (χ4n) is 3.21. The lowest BCUT2D eigenvalue weighted by Crippen LogP contribution is -2.30. The molecular formula is C24H23N3OS. The van der Waals surface area contributed by atoms with Gasteiger partial charge in [0.15, 0.2) is 5.13 Å². The monoisotopic (exact) mass is 401 g/mol. The zero-order chi connectivity index (χ0) is 20.5. The minimum Gasteiger partial charge on any atom is -0.279 e. The first-order chi connectivity index (χ1) is 13.9. The summed E-state index contributed by atoms with van der Waals surface area (Å²) in [5.74, 6) is -0.0514. The molecule has 0 radical (unpaired) electrons. The van der Waals surface area contributed by atoms with Gasteiger partial charge in [-0.25, -0.2) is 4.98 Å². The maximum Gasteiger partial charge on any atom is 0.260 e. The number of carbonyl (C=O) groups is 1. The molecule has 2 aromatic heterocycles. The Hall–Kier alpha value is -3.05. The second-order valence-corrected chi connectivity index (χ2v) is 8.46. The summed E-state index contributed by atoms with van der Waals surface area (Å²) in [7, 11) is 0. The van der Waals surface area contributed by atoms with Crippen molar-refractivity contribution in [2.45, 2.75) is 34.2 Å². The van der Waals surface area contributed by atoms with Gasteiger partial charge in [0, 0.05) is 18.0 Å². The van der Waals surface area contributed by atoms with E-state index in [1.807, 2.05) is 37.3 Å². The predicted octanol–water partition coefficient (Wildman–Crippen LogP) is 5.77. The molecule has 0 N–H and O–H groups in total. The molecule has 0 saturated carbocycles. The third-order valence-electron chi connectivity index (χ3n) is 5.29. The van der Waals surface area contributed by atoms with Gasteiger partial charge in [-0.1, -0.05) is 23.5 Å². The lowest BCUT2D eigenvalue weighted by molar-refractivity contribution is 0.0985. The van der Waals surface area contributed by atoms with Gasteiger partial charge in [0.1, 0.15) is 0 Å². The molecule has 4 nitrogen and oxygen atoms in total. The Morgan fingerprint density at radius 2 is 1.72 bits per heavy atom. The molecule has 1 amide bonds. The van der Waals surface area contributed by atoms with Crippen molar-refractivity contribution in [3.63, 3.8) is 0 Å². The van der Waals surface area contributed by atoms with Crippen LogP contribution in [0.1, 0.15) is 38.2 Å². The van der Waals surface area contributed by atoms with Gasteiger partial charge in [0.2, 0.25) is 0 Å². The van der Waals surface area contributed by atoms with Crippen LogP contribution in [0.15, 0.2) is 54.9 Å². The molecule has 0 saturated heterocycles. The second-order valence-electron chi connectivity index (χ2n) is 7.45. The highest BCUT2D eigenvalue weighted by Crippen LogP contribution is 2.32. The first-order valence-corrected chi connectivity index (χ1v) is 10.4. The van der Waals surface area contributed by atoms with Crippen LogP contribution in [0, 0.1) is 27.7 Å². The molecule has 0 atom stereocenters. The molecule has 4 rings (SSSR count). The van der Waals surface area contributed by atoms with Crippen LogP contribution < -0.4 is 4.90 Å². The van der Waals surface area contributed by atoms with E-state index in [0.29, 0.717) is 17.2 Å². The SMILES string of the molecule is Cc1ccc(C(=O)N(Cc2cccnc2)c2nc3cc(C)c(C)cc3s2)cc1C. The smallest absolute Gasteiger partial charge is 0.260 e. The third-order valence-corrected chi connectivity index (χ3v) is 6.33. The number of hydrogen-bond donors (Lipinski definition) is 0. The second kappa shape index (κ2) is 7.76. The molecule has 0 bridgehead atoms. The normalized spacial score (nSPS) is 11.0. The zero-order valence-electron chi connectivity index (χ0n) is 17.1. The van der Waals surface area contributed by atoms with Crippen molar-refractivity contribution in [1.29, 1.82) is 0 Å². The Morgan fingerprint density at radius 1 is 0.966 bits per heavy atom. The summed E-state index contributed by atoms with van der Waals surface area (Å²) < 4.78 is 1.09. The Morgan fingerprint density at radius 3 is 2.45 bits per heavy atom. The Kier molecular flexibility index (Phi) is 5.16. The van der Waals surface area contributed by atoms with Gasteiger partial charge >= 0.3 is 0 Å². The number of fused-ring (bicyclic) bond motifs is 1. The highest BCUT2D eigenvalue weighted by Gasteiger charge is 2.22. The van der Waals surface area contributed by atoms with Crippen molar-refractivity contribution in [2.24, 2.45) is 0 Å². The van der Waals surface area contributed by atoms with Crippen LogP contribution in [0.5, 0.6) is 0 Å². The summed E-state index contributed by atoms with van der Waals surface area (Å²) in [5.41, 5.74) is 7.27. The topological polar surface area (TPSA) is 46.1 Å². The van der Waals surface area contributed by atoms with Crippen molar-refractivity contribution >= 4 is 32.6 Å². The number of amides is 1. The average molecular weight is 402 g/mol. The van der Waals surface area contributed by atoms with Crippen molar-refractivity contribution < 1.29 is 4.79 Å². The number of rotatable bonds is 4. The summed E-state index contributed by atoms with van der Waals surface area (Å²) in [6.07, 6.45) is 3.53. The Bertz CT molecular complexity index is 1160. The average Bonchev–Trinajstić information content (AvgIpc) is 3.11. The number of anilines is 1. The van der Waals surface area contributed by atoms with E-state index in [1.54, 1.807) is 28.6 Å². The molecule has 0 unspecified atom stereocenters. The molecule has 0 fully saturated rings. The highest BCUT2D eigenvalue weighted by atomic mass is 32.1. The van der Waals surface area contributed by atoms with Gasteiger partial charge in [0.25, 0.3) is 5.91 Å². The zero-order valence-corrected chi connectivity index (χ0v) is 17.9. The lowest BCUT2D eigenvalue weighted by atomic mass is 10.1. The number of carbonyl (C=O) groups excluding carboxylic acids is 1. The van der Waals surface area contributed by atoms with Crippen molar-refractivity contribution in [3.05, 3.63) is 88.2 Å². The van der Waals surface area contributed by atoms with E-state index in [0.717, 1.165) is 21.3 Å². The number of benzene rings is 2. The number of nitrogens with zero attached hydrogens (tertiary/aromatic N) is 3. The maximum absolute atomic E-state index is 13.5. The quantitative estimate of drug-likeness (QED) is 0.436. The highest BCUT2D eigenvalue weighted by molar-refractivity contribution is 7.22. The molecule has 2 aromatic carbocycles. The van der Waals surface area contributed by atoms with E-state index in [2.05, 4.69) is 37.9 Å². The van der Waals surface area contributed by atoms with E-state index in [-0.39, 0.29) is 5.91 Å². The largest absolute Gasteiger partial charge is 0.279 e. The maximum atomic E-state index is 13.5. The minimum absolute atomic E-state index is 0.0514. The van der Waals surface area contributed by atoms with E-state index >= 15 is 0 Å². The van der Waals surface area contributed by atoms with Crippen LogP contribution in [0.3, 0.4) is 0 Å². The van der Waals surface area contributed by atoms with Crippen LogP contribution in [-0.2, 0) is 6.54 Å². The predicted molar refractivity (Wildman–Crippen MR) is 120 cm³/mol. The first kappa shape index (κ1) is 19.3. The van der Waals surface area contributed by atoms with Crippen molar-refractivity contribution in [1.82, 2.24) is 9.97 Å². The van der Waals surface area contributed by atoms with E-state index in [4.69, 9.17) is 4.98 Å². The molecule has 0 aliphatic rings. The van der Waals surface area contributed by atoms with Gasteiger partial charge in [-0.2, -0.15) is 0 Å². The summed E-state index contributed by atoms with van der Waals surface area (Å²) in [4.78, 5) is 24.3. The van der Waals surface area contributed by atoms with Gasteiger partial charge < -0.3 is 0 Å². The number of pyridine rings is 1.